The van der Waals surface area contributed by atoms with Gasteiger partial charge in [-0.25, -0.2) is 4.68 Å². The Morgan fingerprint density at radius 3 is 2.70 bits per heavy atom. The minimum atomic E-state index is -0.106. The molecule has 0 unspecified atom stereocenters. The van der Waals surface area contributed by atoms with Gasteiger partial charge in [0.25, 0.3) is 5.56 Å². The second kappa shape index (κ2) is 2.60. The molecule has 1 rings (SSSR count). The minimum Gasteiger partial charge on any atom is -0.268 e. The molecule has 0 saturated carbocycles. The van der Waals surface area contributed by atoms with Gasteiger partial charge in [-0.2, -0.15) is 0 Å². The Kier molecular flexibility index (Phi) is 1.80. The summed E-state index contributed by atoms with van der Waals surface area (Å²) in [6.45, 7) is 3.77. The molecule has 0 amide bonds. The minimum absolute atomic E-state index is 0.0844. The van der Waals surface area contributed by atoms with Gasteiger partial charge < -0.3 is 0 Å². The summed E-state index contributed by atoms with van der Waals surface area (Å²) < 4.78 is 1.33. The molecule has 4 heteroatoms. The number of aromatic nitrogens is 3. The highest BCUT2D eigenvalue weighted by Gasteiger charge is 1.98. The monoisotopic (exact) mass is 139 g/mol. The highest BCUT2D eigenvalue weighted by Crippen LogP contribution is 1.92. The van der Waals surface area contributed by atoms with Crippen molar-refractivity contribution < 1.29 is 0 Å². The molecule has 0 aromatic carbocycles. The Morgan fingerprint density at radius 2 is 2.30 bits per heavy atom. The molecule has 4 nitrogen and oxygen atoms in total. The first-order valence-corrected chi connectivity index (χ1v) is 3.12. The summed E-state index contributed by atoms with van der Waals surface area (Å²) in [4.78, 5) is 10.9. The molecule has 0 saturated heterocycles. The molecule has 0 bridgehead atoms. The van der Waals surface area contributed by atoms with Crippen molar-refractivity contribution in [3.8, 4) is 0 Å². The first kappa shape index (κ1) is 6.92. The van der Waals surface area contributed by atoms with E-state index >= 15 is 0 Å². The van der Waals surface area contributed by atoms with Gasteiger partial charge in [-0.3, -0.25) is 4.79 Å². The largest absolute Gasteiger partial charge is 0.269 e. The van der Waals surface area contributed by atoms with Gasteiger partial charge in [0, 0.05) is 6.07 Å². The molecule has 0 aliphatic carbocycles. The van der Waals surface area contributed by atoms with E-state index in [9.17, 15) is 4.79 Å². The lowest BCUT2D eigenvalue weighted by atomic mass is 10.4. The van der Waals surface area contributed by atoms with Gasteiger partial charge >= 0.3 is 0 Å². The predicted octanol–water partition coefficient (Wildman–Crippen LogP) is 0.219. The van der Waals surface area contributed by atoms with E-state index in [-0.39, 0.29) is 11.6 Å². The van der Waals surface area contributed by atoms with Crippen LogP contribution in [0.3, 0.4) is 0 Å². The summed E-state index contributed by atoms with van der Waals surface area (Å²) in [5.74, 6) is 0. The molecule has 0 spiro atoms. The van der Waals surface area contributed by atoms with Crippen LogP contribution >= 0.6 is 0 Å². The van der Waals surface area contributed by atoms with Crippen LogP contribution in [0.1, 0.15) is 19.9 Å². The first-order valence-electron chi connectivity index (χ1n) is 3.12. The highest BCUT2D eigenvalue weighted by atomic mass is 16.1. The summed E-state index contributed by atoms with van der Waals surface area (Å²) in [5, 5.41) is 7.21. The summed E-state index contributed by atoms with van der Waals surface area (Å²) in [7, 11) is 0. The second-order valence-corrected chi connectivity index (χ2v) is 2.30. The second-order valence-electron chi connectivity index (χ2n) is 2.30. The summed E-state index contributed by atoms with van der Waals surface area (Å²) in [6, 6.07) is 1.48. The van der Waals surface area contributed by atoms with Crippen LogP contribution in [0.4, 0.5) is 0 Å². The van der Waals surface area contributed by atoms with Crippen LogP contribution in [0.5, 0.6) is 0 Å². The van der Waals surface area contributed by atoms with Crippen LogP contribution < -0.4 is 5.56 Å². The third-order valence-electron chi connectivity index (χ3n) is 1.15. The van der Waals surface area contributed by atoms with Crippen LogP contribution in [0.2, 0.25) is 0 Å². The molecule has 1 aromatic heterocycles. The third-order valence-corrected chi connectivity index (χ3v) is 1.15. The standard InChI is InChI=1S/C6H9N3O/c1-5(2)9-6(10)3-4-7-8-9/h3-5H,1-2H3. The van der Waals surface area contributed by atoms with Crippen LogP contribution in [-0.4, -0.2) is 15.0 Å². The smallest absolute Gasteiger partial charge is 0.268 e. The van der Waals surface area contributed by atoms with Crippen molar-refractivity contribution in [1.29, 1.82) is 0 Å². The Bertz CT molecular complexity index is 266. The molecule has 0 N–H and O–H groups in total. The Hall–Kier alpha value is -1.19. The van der Waals surface area contributed by atoms with Crippen molar-refractivity contribution in [2.45, 2.75) is 19.9 Å². The van der Waals surface area contributed by atoms with Crippen molar-refractivity contribution in [3.63, 3.8) is 0 Å². The van der Waals surface area contributed by atoms with E-state index in [1.807, 2.05) is 13.8 Å². The predicted molar refractivity (Wildman–Crippen MR) is 36.7 cm³/mol. The molecular formula is C6H9N3O. The van der Waals surface area contributed by atoms with Crippen molar-refractivity contribution >= 4 is 0 Å². The Balaban J connectivity index is 3.16. The number of rotatable bonds is 1. The van der Waals surface area contributed by atoms with Gasteiger partial charge in [0.05, 0.1) is 12.2 Å². The van der Waals surface area contributed by atoms with Gasteiger partial charge in [-0.1, -0.05) is 5.21 Å². The maximum atomic E-state index is 10.9. The SMILES string of the molecule is CC(C)n1nnccc1=O. The van der Waals surface area contributed by atoms with Crippen molar-refractivity contribution in [1.82, 2.24) is 15.0 Å². The van der Waals surface area contributed by atoms with Crippen LogP contribution in [-0.2, 0) is 0 Å². The van der Waals surface area contributed by atoms with E-state index in [1.165, 1.54) is 16.9 Å². The average molecular weight is 139 g/mol. The van der Waals surface area contributed by atoms with Crippen molar-refractivity contribution in [2.75, 3.05) is 0 Å². The molecule has 0 fully saturated rings. The topological polar surface area (TPSA) is 47.8 Å². The molecular weight excluding hydrogens is 130 g/mol. The first-order chi connectivity index (χ1) is 4.72. The van der Waals surface area contributed by atoms with E-state index in [1.54, 1.807) is 0 Å². The summed E-state index contributed by atoms with van der Waals surface area (Å²) in [5.41, 5.74) is -0.106. The summed E-state index contributed by atoms with van der Waals surface area (Å²) in [6.07, 6.45) is 1.39. The highest BCUT2D eigenvalue weighted by molar-refractivity contribution is 4.77. The van der Waals surface area contributed by atoms with E-state index in [0.717, 1.165) is 0 Å². The number of hydrogen-bond acceptors (Lipinski definition) is 3. The molecule has 0 radical (unpaired) electrons. The van der Waals surface area contributed by atoms with Gasteiger partial charge in [0.2, 0.25) is 0 Å². The third kappa shape index (κ3) is 1.21. The van der Waals surface area contributed by atoms with E-state index in [4.69, 9.17) is 0 Å². The zero-order valence-corrected chi connectivity index (χ0v) is 5.98. The van der Waals surface area contributed by atoms with Crippen molar-refractivity contribution in [3.05, 3.63) is 22.6 Å². The lowest BCUT2D eigenvalue weighted by molar-refractivity contribution is 0.473. The Morgan fingerprint density at radius 1 is 1.60 bits per heavy atom. The van der Waals surface area contributed by atoms with E-state index < -0.39 is 0 Å². The van der Waals surface area contributed by atoms with Gasteiger partial charge in [0.1, 0.15) is 0 Å². The zero-order valence-electron chi connectivity index (χ0n) is 5.98. The van der Waals surface area contributed by atoms with Crippen LogP contribution in [0, 0.1) is 0 Å². The molecule has 54 valence electrons. The fourth-order valence-electron chi connectivity index (χ4n) is 0.661. The normalized spacial score (nSPS) is 10.3. The molecule has 1 aromatic rings. The molecule has 0 atom stereocenters. The lowest BCUT2D eigenvalue weighted by Gasteiger charge is -2.03. The maximum Gasteiger partial charge on any atom is 0.269 e. The van der Waals surface area contributed by atoms with Gasteiger partial charge in [-0.05, 0) is 13.8 Å². The molecule has 1 heterocycles. The number of hydrogen-bond donors (Lipinski definition) is 0. The van der Waals surface area contributed by atoms with E-state index in [0.29, 0.717) is 0 Å². The quantitative estimate of drug-likeness (QED) is 0.559. The lowest BCUT2D eigenvalue weighted by Crippen LogP contribution is -2.24. The van der Waals surface area contributed by atoms with Crippen LogP contribution in [0.15, 0.2) is 17.1 Å². The zero-order chi connectivity index (χ0) is 7.56. The van der Waals surface area contributed by atoms with Crippen molar-refractivity contribution in [2.24, 2.45) is 0 Å². The Labute approximate surface area is 58.5 Å². The molecule has 10 heavy (non-hydrogen) atoms. The van der Waals surface area contributed by atoms with Gasteiger partial charge in [-0.15, -0.1) is 5.10 Å². The average Bonchev–Trinajstić information content (AvgIpc) is 1.88. The maximum absolute atomic E-state index is 10.9. The fraction of sp³-hybridized carbons (Fsp3) is 0.500. The van der Waals surface area contributed by atoms with Crippen LogP contribution in [0.25, 0.3) is 0 Å². The van der Waals surface area contributed by atoms with Gasteiger partial charge in [0.15, 0.2) is 0 Å². The molecule has 0 aliphatic heterocycles. The van der Waals surface area contributed by atoms with E-state index in [2.05, 4.69) is 10.3 Å². The summed E-state index contributed by atoms with van der Waals surface area (Å²) >= 11 is 0. The fourth-order valence-corrected chi connectivity index (χ4v) is 0.661. The molecule has 0 aliphatic rings. The number of nitrogens with zero attached hydrogens (tertiary/aromatic N) is 3.